The van der Waals surface area contributed by atoms with Crippen molar-refractivity contribution in [3.05, 3.63) is 76.7 Å². The highest BCUT2D eigenvalue weighted by atomic mass is 32.1. The molecule has 0 saturated heterocycles. The zero-order valence-electron chi connectivity index (χ0n) is 16.9. The molecule has 1 aliphatic heterocycles. The van der Waals surface area contributed by atoms with E-state index in [1.807, 2.05) is 41.8 Å². The molecule has 5 nitrogen and oxygen atoms in total. The van der Waals surface area contributed by atoms with Crippen LogP contribution < -0.4 is 5.32 Å². The van der Waals surface area contributed by atoms with Gasteiger partial charge in [0.2, 0.25) is 5.91 Å². The van der Waals surface area contributed by atoms with Gasteiger partial charge in [-0.3, -0.25) is 9.69 Å². The largest absolute Gasteiger partial charge is 0.462 e. The predicted molar refractivity (Wildman–Crippen MR) is 120 cm³/mol. The molecule has 154 valence electrons. The second kappa shape index (κ2) is 9.24. The molecule has 2 aromatic carbocycles. The number of carbonyl (C=O) groups excluding carboxylic acids is 2. The molecule has 1 amide bonds. The van der Waals surface area contributed by atoms with Crippen LogP contribution in [-0.2, 0) is 22.5 Å². The lowest BCUT2D eigenvalue weighted by molar-refractivity contribution is -0.117. The van der Waals surface area contributed by atoms with Crippen LogP contribution in [0.15, 0.2) is 60.0 Å². The highest BCUT2D eigenvalue weighted by Crippen LogP contribution is 2.36. The van der Waals surface area contributed by atoms with Crippen molar-refractivity contribution in [1.82, 2.24) is 4.90 Å². The second-order valence-electron chi connectivity index (χ2n) is 7.22. The van der Waals surface area contributed by atoms with Crippen molar-refractivity contribution in [1.29, 1.82) is 0 Å². The Morgan fingerprint density at radius 1 is 1.07 bits per heavy atom. The van der Waals surface area contributed by atoms with E-state index in [2.05, 4.69) is 28.4 Å². The lowest BCUT2D eigenvalue weighted by atomic mass is 10.00. The summed E-state index contributed by atoms with van der Waals surface area (Å²) in [4.78, 5) is 27.6. The van der Waals surface area contributed by atoms with E-state index < -0.39 is 5.97 Å². The first-order valence-corrected chi connectivity index (χ1v) is 11.0. The van der Waals surface area contributed by atoms with E-state index in [4.69, 9.17) is 4.74 Å². The molecule has 1 aliphatic rings. The summed E-state index contributed by atoms with van der Waals surface area (Å²) in [6.45, 7) is 3.94. The van der Waals surface area contributed by atoms with Crippen molar-refractivity contribution in [2.45, 2.75) is 19.9 Å². The van der Waals surface area contributed by atoms with Gasteiger partial charge in [0.15, 0.2) is 0 Å². The van der Waals surface area contributed by atoms with Crippen LogP contribution in [0.4, 0.5) is 5.00 Å². The lowest BCUT2D eigenvalue weighted by Crippen LogP contribution is -2.37. The predicted octanol–water partition coefficient (Wildman–Crippen LogP) is 4.59. The monoisotopic (exact) mass is 420 g/mol. The summed E-state index contributed by atoms with van der Waals surface area (Å²) in [7, 11) is 0. The number of carbonyl (C=O) groups is 2. The number of anilines is 1. The van der Waals surface area contributed by atoms with Crippen LogP contribution in [0.1, 0.15) is 28.4 Å². The van der Waals surface area contributed by atoms with Gasteiger partial charge in [0, 0.05) is 24.0 Å². The number of nitrogens with one attached hydrogen (secondary N) is 1. The van der Waals surface area contributed by atoms with Crippen molar-refractivity contribution in [3.63, 3.8) is 0 Å². The Morgan fingerprint density at radius 3 is 2.57 bits per heavy atom. The molecule has 0 saturated carbocycles. The fraction of sp³-hybridized carbons (Fsp3) is 0.250. The summed E-state index contributed by atoms with van der Waals surface area (Å²) in [5, 5.41) is 5.38. The average molecular weight is 421 g/mol. The Labute approximate surface area is 180 Å². The Morgan fingerprint density at radius 2 is 1.80 bits per heavy atom. The number of hydrogen-bond acceptors (Lipinski definition) is 5. The van der Waals surface area contributed by atoms with Gasteiger partial charge in [-0.1, -0.05) is 54.6 Å². The van der Waals surface area contributed by atoms with Crippen LogP contribution in [0.25, 0.3) is 11.1 Å². The van der Waals surface area contributed by atoms with Crippen LogP contribution in [0, 0.1) is 0 Å². The topological polar surface area (TPSA) is 58.6 Å². The molecule has 0 bridgehead atoms. The number of amides is 1. The van der Waals surface area contributed by atoms with Gasteiger partial charge in [-0.15, -0.1) is 11.3 Å². The van der Waals surface area contributed by atoms with Crippen molar-refractivity contribution in [3.8, 4) is 11.1 Å². The number of ether oxygens (including phenoxy) is 1. The van der Waals surface area contributed by atoms with Crippen molar-refractivity contribution < 1.29 is 14.3 Å². The minimum absolute atomic E-state index is 0.124. The van der Waals surface area contributed by atoms with E-state index >= 15 is 0 Å². The van der Waals surface area contributed by atoms with E-state index in [0.717, 1.165) is 30.6 Å². The van der Waals surface area contributed by atoms with Gasteiger partial charge in [-0.25, -0.2) is 4.79 Å². The van der Waals surface area contributed by atoms with Crippen molar-refractivity contribution in [2.75, 3.05) is 25.0 Å². The first-order valence-electron chi connectivity index (χ1n) is 10.1. The Bertz CT molecular complexity index is 1050. The number of thiophene rings is 1. The van der Waals surface area contributed by atoms with Gasteiger partial charge in [0.05, 0.1) is 13.2 Å². The van der Waals surface area contributed by atoms with E-state index in [0.29, 0.717) is 10.6 Å². The second-order valence-corrected chi connectivity index (χ2v) is 8.10. The van der Waals surface area contributed by atoms with Crippen LogP contribution in [0.2, 0.25) is 0 Å². The van der Waals surface area contributed by atoms with Gasteiger partial charge in [-0.2, -0.15) is 0 Å². The first-order chi connectivity index (χ1) is 14.7. The Balaban J connectivity index is 1.51. The quantitative estimate of drug-likeness (QED) is 0.593. The minimum atomic E-state index is -0.417. The standard InChI is InChI=1S/C24H24N2O3S/c1-2-29-24(28)22-20(18-9-4-3-5-10-18)16-30-23(22)25-21(27)15-26-13-12-17-8-6-7-11-19(17)14-26/h3-11,16H,2,12-15H2,1H3,(H,25,27). The molecule has 0 fully saturated rings. The van der Waals surface area contributed by atoms with Crippen LogP contribution in [-0.4, -0.2) is 36.5 Å². The third kappa shape index (κ3) is 4.45. The number of rotatable bonds is 6. The van der Waals surface area contributed by atoms with Crippen LogP contribution in [0.5, 0.6) is 0 Å². The van der Waals surface area contributed by atoms with E-state index in [1.165, 1.54) is 22.5 Å². The summed E-state index contributed by atoms with van der Waals surface area (Å²) >= 11 is 1.35. The summed E-state index contributed by atoms with van der Waals surface area (Å²) in [5.41, 5.74) is 4.74. The molecule has 0 spiro atoms. The number of hydrogen-bond donors (Lipinski definition) is 1. The Hall–Kier alpha value is -2.96. The molecule has 1 aromatic heterocycles. The van der Waals surface area contributed by atoms with Crippen LogP contribution >= 0.6 is 11.3 Å². The highest BCUT2D eigenvalue weighted by Gasteiger charge is 2.24. The van der Waals surface area contributed by atoms with Gasteiger partial charge < -0.3 is 10.1 Å². The molecule has 0 unspecified atom stereocenters. The maximum atomic E-state index is 12.8. The number of esters is 1. The zero-order valence-corrected chi connectivity index (χ0v) is 17.7. The highest BCUT2D eigenvalue weighted by molar-refractivity contribution is 7.15. The normalized spacial score (nSPS) is 13.5. The van der Waals surface area contributed by atoms with Crippen LogP contribution in [0.3, 0.4) is 0 Å². The molecule has 1 N–H and O–H groups in total. The summed E-state index contributed by atoms with van der Waals surface area (Å²) in [6, 6.07) is 18.0. The maximum Gasteiger partial charge on any atom is 0.341 e. The molecule has 6 heteroatoms. The van der Waals surface area contributed by atoms with E-state index in [1.54, 1.807) is 6.92 Å². The van der Waals surface area contributed by atoms with E-state index in [9.17, 15) is 9.59 Å². The molecular weight excluding hydrogens is 396 g/mol. The number of benzene rings is 2. The minimum Gasteiger partial charge on any atom is -0.462 e. The molecule has 0 atom stereocenters. The molecular formula is C24H24N2O3S. The summed E-state index contributed by atoms with van der Waals surface area (Å²) < 4.78 is 5.27. The molecule has 2 heterocycles. The fourth-order valence-corrected chi connectivity index (χ4v) is 4.72. The smallest absolute Gasteiger partial charge is 0.341 e. The fourth-order valence-electron chi connectivity index (χ4n) is 3.74. The Kier molecular flexibility index (Phi) is 6.26. The first kappa shape index (κ1) is 20.3. The van der Waals surface area contributed by atoms with Crippen molar-refractivity contribution >= 4 is 28.2 Å². The van der Waals surface area contributed by atoms with Gasteiger partial charge in [0.25, 0.3) is 0 Å². The molecule has 0 aliphatic carbocycles. The molecule has 4 rings (SSSR count). The summed E-state index contributed by atoms with van der Waals surface area (Å²) in [5.74, 6) is -0.541. The zero-order chi connectivity index (χ0) is 20.9. The molecule has 30 heavy (non-hydrogen) atoms. The van der Waals surface area contributed by atoms with Gasteiger partial charge in [-0.05, 0) is 30.0 Å². The molecule has 3 aromatic rings. The number of fused-ring (bicyclic) bond motifs is 1. The van der Waals surface area contributed by atoms with Gasteiger partial charge in [0.1, 0.15) is 10.6 Å². The van der Waals surface area contributed by atoms with Gasteiger partial charge >= 0.3 is 5.97 Å². The summed E-state index contributed by atoms with van der Waals surface area (Å²) in [6.07, 6.45) is 0.939. The lowest BCUT2D eigenvalue weighted by Gasteiger charge is -2.28. The van der Waals surface area contributed by atoms with E-state index in [-0.39, 0.29) is 19.1 Å². The average Bonchev–Trinajstić information content (AvgIpc) is 3.18. The third-order valence-electron chi connectivity index (χ3n) is 5.19. The maximum absolute atomic E-state index is 12.8. The SMILES string of the molecule is CCOC(=O)c1c(-c2ccccc2)csc1NC(=O)CN1CCc2ccccc2C1. The third-order valence-corrected chi connectivity index (χ3v) is 6.08. The molecule has 0 radical (unpaired) electrons. The van der Waals surface area contributed by atoms with Crippen molar-refractivity contribution in [2.24, 2.45) is 0 Å². The number of nitrogens with zero attached hydrogens (tertiary/aromatic N) is 1.